The van der Waals surface area contributed by atoms with Crippen LogP contribution in [-0.2, 0) is 13.0 Å². The van der Waals surface area contributed by atoms with Crippen molar-refractivity contribution < 1.29 is 9.18 Å². The maximum Gasteiger partial charge on any atom is 0.254 e. The van der Waals surface area contributed by atoms with E-state index in [9.17, 15) is 9.18 Å². The van der Waals surface area contributed by atoms with Gasteiger partial charge in [0.1, 0.15) is 5.82 Å². The lowest BCUT2D eigenvalue weighted by atomic mass is 10.1. The van der Waals surface area contributed by atoms with E-state index in [0.29, 0.717) is 23.1 Å². The molecule has 3 rings (SSSR count). The smallest absolute Gasteiger partial charge is 0.254 e. The monoisotopic (exact) mass is 339 g/mol. The fourth-order valence-corrected chi connectivity index (χ4v) is 3.64. The molecule has 1 amide bonds. The second kappa shape index (κ2) is 5.06. The fourth-order valence-electron chi connectivity index (χ4n) is 2.28. The third kappa shape index (κ3) is 2.58. The highest BCUT2D eigenvalue weighted by molar-refractivity contribution is 9.10. The quantitative estimate of drug-likeness (QED) is 0.772. The van der Waals surface area contributed by atoms with E-state index < -0.39 is 5.82 Å². The molecular weight excluding hydrogens is 329 g/mol. The second-order valence-corrected chi connectivity index (χ2v) is 6.42. The molecule has 0 radical (unpaired) electrons. The van der Waals surface area contributed by atoms with Gasteiger partial charge in [-0.05, 0) is 41.6 Å². The van der Waals surface area contributed by atoms with Crippen LogP contribution in [0.15, 0.2) is 34.1 Å². The van der Waals surface area contributed by atoms with Crippen LogP contribution in [0.25, 0.3) is 0 Å². The van der Waals surface area contributed by atoms with E-state index in [1.807, 2.05) is 0 Å². The van der Waals surface area contributed by atoms with Gasteiger partial charge in [0.15, 0.2) is 0 Å². The van der Waals surface area contributed by atoms with E-state index in [1.54, 1.807) is 22.3 Å². The van der Waals surface area contributed by atoms with Crippen molar-refractivity contribution in [2.75, 3.05) is 6.54 Å². The predicted molar refractivity (Wildman–Crippen MR) is 76.9 cm³/mol. The van der Waals surface area contributed by atoms with Gasteiger partial charge >= 0.3 is 0 Å². The van der Waals surface area contributed by atoms with Crippen LogP contribution >= 0.6 is 27.3 Å². The molecule has 0 aliphatic carbocycles. The number of rotatable bonds is 1. The summed E-state index contributed by atoms with van der Waals surface area (Å²) < 4.78 is 13.9. The molecule has 0 unspecified atom stereocenters. The van der Waals surface area contributed by atoms with Gasteiger partial charge in [-0.1, -0.05) is 15.9 Å². The van der Waals surface area contributed by atoms with Gasteiger partial charge in [-0.25, -0.2) is 4.39 Å². The van der Waals surface area contributed by atoms with Crippen LogP contribution in [-0.4, -0.2) is 17.4 Å². The van der Waals surface area contributed by atoms with Gasteiger partial charge in [0.25, 0.3) is 5.91 Å². The molecule has 0 saturated heterocycles. The molecule has 0 N–H and O–H groups in total. The standard InChI is InChI=1S/C14H11BrFNOS/c15-11-5-10(6-12(16)7-11)14(18)17-3-1-13-9(8-17)2-4-19-13/h2,4-7H,1,3,8H2. The first-order valence-corrected chi connectivity index (χ1v) is 7.61. The van der Waals surface area contributed by atoms with Gasteiger partial charge in [0, 0.05) is 28.0 Å². The normalized spacial score (nSPS) is 14.3. The zero-order valence-electron chi connectivity index (χ0n) is 10.0. The maximum atomic E-state index is 13.3. The van der Waals surface area contributed by atoms with Crippen LogP contribution < -0.4 is 0 Å². The summed E-state index contributed by atoms with van der Waals surface area (Å²) in [5, 5.41) is 2.05. The molecule has 2 heterocycles. The minimum absolute atomic E-state index is 0.114. The number of nitrogens with zero attached hydrogens (tertiary/aromatic N) is 1. The largest absolute Gasteiger partial charge is 0.334 e. The van der Waals surface area contributed by atoms with Crippen LogP contribution in [0.2, 0.25) is 0 Å². The third-order valence-corrected chi connectivity index (χ3v) is 4.69. The van der Waals surface area contributed by atoms with Crippen molar-refractivity contribution in [3.63, 3.8) is 0 Å². The maximum absolute atomic E-state index is 13.3. The Kier molecular flexibility index (Phi) is 3.41. The topological polar surface area (TPSA) is 20.3 Å². The van der Waals surface area contributed by atoms with Crippen LogP contribution in [0, 0.1) is 5.82 Å². The molecule has 0 fully saturated rings. The summed E-state index contributed by atoms with van der Waals surface area (Å²) in [7, 11) is 0. The van der Waals surface area contributed by atoms with E-state index >= 15 is 0 Å². The molecule has 1 aromatic carbocycles. The van der Waals surface area contributed by atoms with Crippen molar-refractivity contribution in [1.29, 1.82) is 0 Å². The van der Waals surface area contributed by atoms with E-state index in [0.717, 1.165) is 6.42 Å². The second-order valence-electron chi connectivity index (χ2n) is 4.50. The Morgan fingerprint density at radius 3 is 3.00 bits per heavy atom. The molecule has 1 aromatic heterocycles. The number of fused-ring (bicyclic) bond motifs is 1. The number of carbonyl (C=O) groups is 1. The summed E-state index contributed by atoms with van der Waals surface area (Å²) in [5.41, 5.74) is 1.60. The summed E-state index contributed by atoms with van der Waals surface area (Å²) in [6, 6.07) is 6.36. The molecule has 98 valence electrons. The molecule has 1 aliphatic heterocycles. The first-order chi connectivity index (χ1) is 9.13. The molecular formula is C14H11BrFNOS. The lowest BCUT2D eigenvalue weighted by Gasteiger charge is -2.27. The van der Waals surface area contributed by atoms with Crippen molar-refractivity contribution in [3.05, 3.63) is 55.9 Å². The summed E-state index contributed by atoms with van der Waals surface area (Å²) in [4.78, 5) is 15.5. The molecule has 0 saturated carbocycles. The molecule has 0 spiro atoms. The first kappa shape index (κ1) is 12.8. The van der Waals surface area contributed by atoms with Crippen LogP contribution in [0.1, 0.15) is 20.8 Å². The third-order valence-electron chi connectivity index (χ3n) is 3.20. The highest BCUT2D eigenvalue weighted by Gasteiger charge is 2.22. The zero-order chi connectivity index (χ0) is 13.4. The number of halogens is 2. The van der Waals surface area contributed by atoms with Gasteiger partial charge in [-0.15, -0.1) is 11.3 Å². The van der Waals surface area contributed by atoms with Gasteiger partial charge in [0.2, 0.25) is 0 Å². The highest BCUT2D eigenvalue weighted by Crippen LogP contribution is 2.25. The van der Waals surface area contributed by atoms with Crippen molar-refractivity contribution in [2.45, 2.75) is 13.0 Å². The highest BCUT2D eigenvalue weighted by atomic mass is 79.9. The Hall–Kier alpha value is -1.20. The van der Waals surface area contributed by atoms with Gasteiger partial charge < -0.3 is 4.90 Å². The molecule has 2 aromatic rings. The van der Waals surface area contributed by atoms with Crippen molar-refractivity contribution in [1.82, 2.24) is 4.90 Å². The van der Waals surface area contributed by atoms with Crippen molar-refractivity contribution in [2.24, 2.45) is 0 Å². The van der Waals surface area contributed by atoms with E-state index in [-0.39, 0.29) is 5.91 Å². The average Bonchev–Trinajstić information content (AvgIpc) is 2.83. The van der Waals surface area contributed by atoms with E-state index in [2.05, 4.69) is 27.4 Å². The number of amides is 1. The Balaban J connectivity index is 1.85. The number of carbonyl (C=O) groups excluding carboxylic acids is 1. The van der Waals surface area contributed by atoms with Crippen LogP contribution in [0.4, 0.5) is 4.39 Å². The molecule has 19 heavy (non-hydrogen) atoms. The summed E-state index contributed by atoms with van der Waals surface area (Å²) in [6.07, 6.45) is 0.884. The van der Waals surface area contributed by atoms with E-state index in [1.165, 1.54) is 22.6 Å². The summed E-state index contributed by atoms with van der Waals surface area (Å²) in [6.45, 7) is 1.31. The van der Waals surface area contributed by atoms with Gasteiger partial charge in [-0.3, -0.25) is 4.79 Å². The number of hydrogen-bond acceptors (Lipinski definition) is 2. The fraction of sp³-hybridized carbons (Fsp3) is 0.214. The van der Waals surface area contributed by atoms with Crippen molar-refractivity contribution in [3.8, 4) is 0 Å². The molecule has 0 atom stereocenters. The van der Waals surface area contributed by atoms with Gasteiger partial charge in [-0.2, -0.15) is 0 Å². The number of thiophene rings is 1. The van der Waals surface area contributed by atoms with Crippen LogP contribution in [0.5, 0.6) is 0 Å². The van der Waals surface area contributed by atoms with Crippen LogP contribution in [0.3, 0.4) is 0 Å². The molecule has 5 heteroatoms. The SMILES string of the molecule is O=C(c1cc(F)cc(Br)c1)N1CCc2sccc2C1. The molecule has 2 nitrogen and oxygen atoms in total. The van der Waals surface area contributed by atoms with Gasteiger partial charge in [0.05, 0.1) is 0 Å². The lowest BCUT2D eigenvalue weighted by Crippen LogP contribution is -2.35. The Morgan fingerprint density at radius 2 is 2.21 bits per heavy atom. The summed E-state index contributed by atoms with van der Waals surface area (Å²) >= 11 is 4.95. The number of hydrogen-bond donors (Lipinski definition) is 0. The zero-order valence-corrected chi connectivity index (χ0v) is 12.4. The average molecular weight is 340 g/mol. The first-order valence-electron chi connectivity index (χ1n) is 5.94. The Bertz CT molecular complexity index is 620. The number of benzene rings is 1. The minimum Gasteiger partial charge on any atom is -0.334 e. The molecule has 0 bridgehead atoms. The lowest BCUT2D eigenvalue weighted by molar-refractivity contribution is 0.0735. The predicted octanol–water partition coefficient (Wildman–Crippen LogP) is 3.85. The Morgan fingerprint density at radius 1 is 1.37 bits per heavy atom. The molecule has 1 aliphatic rings. The Labute approximate surface area is 123 Å². The minimum atomic E-state index is -0.397. The van der Waals surface area contributed by atoms with E-state index in [4.69, 9.17) is 0 Å². The van der Waals surface area contributed by atoms with Crippen molar-refractivity contribution >= 4 is 33.2 Å². The summed E-state index contributed by atoms with van der Waals surface area (Å²) in [5.74, 6) is -0.511.